The second-order valence-electron chi connectivity index (χ2n) is 9.70. The molecule has 0 unspecified atom stereocenters. The van der Waals surface area contributed by atoms with Crippen LogP contribution in [0.25, 0.3) is 0 Å². The van der Waals surface area contributed by atoms with Gasteiger partial charge in [0.25, 0.3) is 0 Å². The maximum atomic E-state index is 13.0. The second-order valence-corrected chi connectivity index (χ2v) is 9.70. The molecule has 1 N–H and O–H groups in total. The molecule has 4 heterocycles. The first-order valence-corrected chi connectivity index (χ1v) is 12.3. The Bertz CT molecular complexity index is 966. The molecule has 2 saturated heterocycles. The van der Waals surface area contributed by atoms with Crippen LogP contribution in [0.5, 0.6) is 0 Å². The van der Waals surface area contributed by atoms with E-state index in [0.29, 0.717) is 13.1 Å². The normalized spacial score (nSPS) is 20.0. The fourth-order valence-corrected chi connectivity index (χ4v) is 4.91. The van der Waals surface area contributed by atoms with Gasteiger partial charge in [0.2, 0.25) is 5.95 Å². The molecule has 8 nitrogen and oxygen atoms in total. The van der Waals surface area contributed by atoms with Crippen molar-refractivity contribution in [3.05, 3.63) is 41.6 Å². The van der Waals surface area contributed by atoms with Gasteiger partial charge in [-0.1, -0.05) is 25.1 Å². The number of amides is 2. The highest BCUT2D eigenvalue weighted by atomic mass is 16.2. The number of aromatic nitrogens is 2. The fraction of sp³-hybridized carbons (Fsp3) is 0.560. The Hall–Kier alpha value is -2.87. The van der Waals surface area contributed by atoms with Gasteiger partial charge >= 0.3 is 6.03 Å². The van der Waals surface area contributed by atoms with E-state index in [9.17, 15) is 4.79 Å². The SMILES string of the molecule is CC1CCN(c2nc(N3CCN(C)CC3)nc3c2CN(C(=O)Nc2ccccc2)CC3)CC1. The summed E-state index contributed by atoms with van der Waals surface area (Å²) in [6.07, 6.45) is 3.12. The predicted octanol–water partition coefficient (Wildman–Crippen LogP) is 3.05. The van der Waals surface area contributed by atoms with Crippen molar-refractivity contribution in [3.8, 4) is 0 Å². The number of nitrogens with zero attached hydrogens (tertiary/aromatic N) is 6. The molecule has 0 spiro atoms. The first kappa shape index (κ1) is 21.9. The zero-order chi connectivity index (χ0) is 22.8. The fourth-order valence-electron chi connectivity index (χ4n) is 4.91. The number of hydrogen-bond donors (Lipinski definition) is 1. The summed E-state index contributed by atoms with van der Waals surface area (Å²) < 4.78 is 0. The van der Waals surface area contributed by atoms with E-state index in [2.05, 4.69) is 34.0 Å². The smallest absolute Gasteiger partial charge is 0.322 e. The molecule has 0 bridgehead atoms. The number of fused-ring (bicyclic) bond motifs is 1. The van der Waals surface area contributed by atoms with E-state index in [1.807, 2.05) is 35.2 Å². The molecular weight excluding hydrogens is 414 g/mol. The number of piperidine rings is 1. The molecule has 2 amide bonds. The molecular formula is C25H35N7O. The Labute approximate surface area is 196 Å². The highest BCUT2D eigenvalue weighted by Gasteiger charge is 2.30. The quantitative estimate of drug-likeness (QED) is 0.777. The highest BCUT2D eigenvalue weighted by molar-refractivity contribution is 5.89. The van der Waals surface area contributed by atoms with Crippen molar-refractivity contribution in [1.29, 1.82) is 0 Å². The molecule has 0 radical (unpaired) electrons. The molecule has 1 aromatic heterocycles. The van der Waals surface area contributed by atoms with Crippen LogP contribution in [-0.4, -0.2) is 78.7 Å². The van der Waals surface area contributed by atoms with Crippen molar-refractivity contribution in [3.63, 3.8) is 0 Å². The monoisotopic (exact) mass is 449 g/mol. The van der Waals surface area contributed by atoms with Crippen LogP contribution in [-0.2, 0) is 13.0 Å². The summed E-state index contributed by atoms with van der Waals surface area (Å²) in [5.41, 5.74) is 3.05. The van der Waals surface area contributed by atoms with E-state index in [1.165, 1.54) is 12.8 Å². The van der Waals surface area contributed by atoms with Crippen molar-refractivity contribution in [1.82, 2.24) is 19.8 Å². The Morgan fingerprint density at radius 2 is 1.67 bits per heavy atom. The average molecular weight is 450 g/mol. The van der Waals surface area contributed by atoms with Gasteiger partial charge < -0.3 is 24.9 Å². The van der Waals surface area contributed by atoms with E-state index in [-0.39, 0.29) is 6.03 Å². The molecule has 0 saturated carbocycles. The number of anilines is 3. The molecule has 0 aliphatic carbocycles. The van der Waals surface area contributed by atoms with Crippen LogP contribution >= 0.6 is 0 Å². The Kier molecular flexibility index (Phi) is 6.35. The molecule has 5 rings (SSSR count). The molecule has 2 fully saturated rings. The molecule has 2 aromatic rings. The summed E-state index contributed by atoms with van der Waals surface area (Å²) in [6.45, 7) is 9.56. The van der Waals surface area contributed by atoms with Gasteiger partial charge in [0.15, 0.2) is 0 Å². The van der Waals surface area contributed by atoms with Crippen LogP contribution in [0, 0.1) is 5.92 Å². The summed E-state index contributed by atoms with van der Waals surface area (Å²) >= 11 is 0. The van der Waals surface area contributed by atoms with Gasteiger partial charge in [-0.05, 0) is 37.9 Å². The number of para-hydroxylation sites is 1. The van der Waals surface area contributed by atoms with Crippen molar-refractivity contribution in [2.75, 3.05) is 68.0 Å². The Morgan fingerprint density at radius 1 is 0.939 bits per heavy atom. The van der Waals surface area contributed by atoms with E-state index in [1.54, 1.807) is 0 Å². The van der Waals surface area contributed by atoms with Crippen molar-refractivity contribution >= 4 is 23.5 Å². The van der Waals surface area contributed by atoms with Crippen molar-refractivity contribution in [2.45, 2.75) is 32.7 Å². The standard InChI is InChI=1S/C25H35N7O/c1-19-8-11-30(12-9-19)23-21-18-32(25(33)26-20-6-4-3-5-7-20)13-10-22(21)27-24(28-23)31-16-14-29(2)15-17-31/h3-7,19H,8-18H2,1-2H3,(H,26,33). The lowest BCUT2D eigenvalue weighted by molar-refractivity contribution is 0.206. The summed E-state index contributed by atoms with van der Waals surface area (Å²) in [6, 6.07) is 9.60. The van der Waals surface area contributed by atoms with Crippen molar-refractivity contribution < 1.29 is 4.79 Å². The number of rotatable bonds is 3. The molecule has 8 heteroatoms. The van der Waals surface area contributed by atoms with Gasteiger partial charge in [-0.25, -0.2) is 9.78 Å². The van der Waals surface area contributed by atoms with Crippen LogP contribution in [0.4, 0.5) is 22.2 Å². The average Bonchev–Trinajstić information content (AvgIpc) is 2.84. The lowest BCUT2D eigenvalue weighted by Gasteiger charge is -2.38. The largest absolute Gasteiger partial charge is 0.356 e. The number of likely N-dealkylation sites (N-methyl/N-ethyl adjacent to an activating group) is 1. The third-order valence-corrected chi connectivity index (χ3v) is 7.21. The minimum Gasteiger partial charge on any atom is -0.356 e. The number of hydrogen-bond acceptors (Lipinski definition) is 6. The predicted molar refractivity (Wildman–Crippen MR) is 132 cm³/mol. The lowest BCUT2D eigenvalue weighted by atomic mass is 9.98. The van der Waals surface area contributed by atoms with Crippen LogP contribution < -0.4 is 15.1 Å². The molecule has 1 aromatic carbocycles. The zero-order valence-corrected chi connectivity index (χ0v) is 19.8. The van der Waals surface area contributed by atoms with Crippen LogP contribution in [0.3, 0.4) is 0 Å². The number of urea groups is 1. The number of piperazine rings is 1. The number of nitrogens with one attached hydrogen (secondary N) is 1. The summed E-state index contributed by atoms with van der Waals surface area (Å²) in [5.74, 6) is 2.65. The van der Waals surface area contributed by atoms with E-state index in [0.717, 1.165) is 80.3 Å². The molecule has 0 atom stereocenters. The van der Waals surface area contributed by atoms with E-state index >= 15 is 0 Å². The third kappa shape index (κ3) is 4.90. The summed E-state index contributed by atoms with van der Waals surface area (Å²) in [7, 11) is 2.17. The molecule has 3 aliphatic rings. The topological polar surface area (TPSA) is 67.8 Å². The number of carbonyl (C=O) groups excluding carboxylic acids is 1. The van der Waals surface area contributed by atoms with Gasteiger partial charge in [0.1, 0.15) is 5.82 Å². The molecule has 3 aliphatic heterocycles. The minimum atomic E-state index is -0.0618. The van der Waals surface area contributed by atoms with Gasteiger partial charge in [0, 0.05) is 63.5 Å². The zero-order valence-electron chi connectivity index (χ0n) is 19.8. The number of carbonyl (C=O) groups is 1. The molecule has 176 valence electrons. The highest BCUT2D eigenvalue weighted by Crippen LogP contribution is 2.32. The molecule has 33 heavy (non-hydrogen) atoms. The Morgan fingerprint density at radius 3 is 2.39 bits per heavy atom. The van der Waals surface area contributed by atoms with Gasteiger partial charge in [0.05, 0.1) is 12.2 Å². The van der Waals surface area contributed by atoms with Crippen LogP contribution in [0.2, 0.25) is 0 Å². The first-order valence-electron chi connectivity index (χ1n) is 12.3. The number of benzene rings is 1. The maximum Gasteiger partial charge on any atom is 0.322 e. The summed E-state index contributed by atoms with van der Waals surface area (Å²) in [4.78, 5) is 32.1. The minimum absolute atomic E-state index is 0.0618. The third-order valence-electron chi connectivity index (χ3n) is 7.21. The Balaban J connectivity index is 1.41. The van der Waals surface area contributed by atoms with Crippen LogP contribution in [0.1, 0.15) is 31.0 Å². The second kappa shape index (κ2) is 9.55. The van der Waals surface area contributed by atoms with Gasteiger partial charge in [-0.2, -0.15) is 4.98 Å². The van der Waals surface area contributed by atoms with E-state index in [4.69, 9.17) is 9.97 Å². The van der Waals surface area contributed by atoms with E-state index < -0.39 is 0 Å². The lowest BCUT2D eigenvalue weighted by Crippen LogP contribution is -2.46. The van der Waals surface area contributed by atoms with Crippen LogP contribution in [0.15, 0.2) is 30.3 Å². The summed E-state index contributed by atoms with van der Waals surface area (Å²) in [5, 5.41) is 3.03. The first-order chi connectivity index (χ1) is 16.1. The van der Waals surface area contributed by atoms with Crippen molar-refractivity contribution in [2.24, 2.45) is 5.92 Å². The van der Waals surface area contributed by atoms with Gasteiger partial charge in [-0.3, -0.25) is 0 Å². The van der Waals surface area contributed by atoms with Gasteiger partial charge in [-0.15, -0.1) is 0 Å². The maximum absolute atomic E-state index is 13.0.